The lowest BCUT2D eigenvalue weighted by atomic mass is 10.1. The second-order valence-corrected chi connectivity index (χ2v) is 12.1. The molecule has 1 atom stereocenters. The Bertz CT molecular complexity index is 1120. The number of nitrogens with one attached hydrogen (secondary N) is 1. The number of anilines is 1. The Balaban J connectivity index is 1.48. The first-order valence-corrected chi connectivity index (χ1v) is 13.8. The topological polar surface area (TPSA) is 110 Å². The molecule has 9 nitrogen and oxygen atoms in total. The van der Waals surface area contributed by atoms with Crippen LogP contribution in [-0.2, 0) is 30.6 Å². The first-order chi connectivity index (χ1) is 16.3. The first-order valence-electron chi connectivity index (χ1n) is 11.4. The molecule has 11 heteroatoms. The van der Waals surface area contributed by atoms with Crippen LogP contribution < -0.4 is 5.32 Å². The zero-order valence-electron chi connectivity index (χ0n) is 19.4. The van der Waals surface area contributed by atoms with Crippen molar-refractivity contribution in [1.82, 2.24) is 9.88 Å². The highest BCUT2D eigenvalue weighted by molar-refractivity contribution is 7.92. The fraction of sp³-hybridized carbons (Fsp3) is 0.522. The molecule has 1 N–H and O–H groups in total. The van der Waals surface area contributed by atoms with E-state index >= 15 is 0 Å². The van der Waals surface area contributed by atoms with Gasteiger partial charge < -0.3 is 14.5 Å². The zero-order valence-corrected chi connectivity index (χ0v) is 21.0. The van der Waals surface area contributed by atoms with Gasteiger partial charge >= 0.3 is 0 Å². The lowest BCUT2D eigenvalue weighted by Gasteiger charge is -2.10. The van der Waals surface area contributed by atoms with E-state index in [9.17, 15) is 13.2 Å². The van der Waals surface area contributed by atoms with Crippen molar-refractivity contribution < 1.29 is 22.8 Å². The van der Waals surface area contributed by atoms with Crippen LogP contribution in [0.2, 0.25) is 0 Å². The molecule has 0 radical (unpaired) electrons. The Morgan fingerprint density at radius 3 is 2.68 bits per heavy atom. The lowest BCUT2D eigenvalue weighted by Crippen LogP contribution is -2.25. The molecular weight excluding hydrogens is 476 g/mol. The van der Waals surface area contributed by atoms with Crippen LogP contribution >= 0.6 is 11.3 Å². The number of aromatic nitrogens is 1. The minimum atomic E-state index is -3.31. The van der Waals surface area contributed by atoms with Gasteiger partial charge in [-0.05, 0) is 58.5 Å². The van der Waals surface area contributed by atoms with Crippen molar-refractivity contribution in [3.05, 3.63) is 40.9 Å². The molecule has 1 saturated heterocycles. The minimum absolute atomic E-state index is 0.0617. The molecule has 1 amide bonds. The molecule has 184 valence electrons. The van der Waals surface area contributed by atoms with Crippen molar-refractivity contribution in [2.45, 2.75) is 48.4 Å². The number of thiazole rings is 1. The van der Waals surface area contributed by atoms with E-state index in [1.807, 2.05) is 14.1 Å². The number of carbonyl (C=O) groups excluding carboxylic acids is 1. The van der Waals surface area contributed by atoms with Crippen LogP contribution in [0.25, 0.3) is 0 Å². The Morgan fingerprint density at radius 2 is 2.03 bits per heavy atom. The summed E-state index contributed by atoms with van der Waals surface area (Å²) in [5.41, 5.74) is 0.528. The summed E-state index contributed by atoms with van der Waals surface area (Å²) in [6.45, 7) is 1.98. The van der Waals surface area contributed by atoms with Crippen molar-refractivity contribution in [2.75, 3.05) is 39.2 Å². The molecule has 1 aliphatic heterocycles. The SMILES string of the molecule is CN(C)CCCc1cnc(NC(=O)/C(=N/O[C@@H]2CCOC2)c2ccc(S(=O)(=O)C3CC3)cc2)s1. The van der Waals surface area contributed by atoms with E-state index in [0.717, 1.165) is 24.3 Å². The average molecular weight is 507 g/mol. The summed E-state index contributed by atoms with van der Waals surface area (Å²) < 4.78 is 30.3. The molecule has 2 fully saturated rings. The number of hydrogen-bond acceptors (Lipinski definition) is 9. The second-order valence-electron chi connectivity index (χ2n) is 8.79. The molecule has 0 bridgehead atoms. The van der Waals surface area contributed by atoms with Crippen LogP contribution in [0.1, 0.15) is 36.1 Å². The zero-order chi connectivity index (χ0) is 24.1. The Morgan fingerprint density at radius 1 is 1.26 bits per heavy atom. The molecule has 0 unspecified atom stereocenters. The van der Waals surface area contributed by atoms with Crippen LogP contribution in [-0.4, -0.2) is 75.1 Å². The van der Waals surface area contributed by atoms with E-state index in [0.29, 0.717) is 43.2 Å². The van der Waals surface area contributed by atoms with Gasteiger partial charge in [-0.1, -0.05) is 17.3 Å². The maximum atomic E-state index is 13.1. The average Bonchev–Trinajstić information content (AvgIpc) is 3.38. The molecule has 2 heterocycles. The molecule has 1 aromatic heterocycles. The predicted octanol–water partition coefficient (Wildman–Crippen LogP) is 2.72. The van der Waals surface area contributed by atoms with Crippen molar-refractivity contribution in [1.29, 1.82) is 0 Å². The maximum Gasteiger partial charge on any atom is 0.280 e. The second kappa shape index (κ2) is 10.9. The van der Waals surface area contributed by atoms with Gasteiger partial charge in [0.05, 0.1) is 23.4 Å². The molecule has 1 aliphatic carbocycles. The molecular formula is C23H30N4O5S2. The maximum absolute atomic E-state index is 13.1. The smallest absolute Gasteiger partial charge is 0.280 e. The number of hydrogen-bond donors (Lipinski definition) is 1. The van der Waals surface area contributed by atoms with Gasteiger partial charge in [-0.25, -0.2) is 13.4 Å². The fourth-order valence-corrected chi connectivity index (χ4v) is 6.03. The molecule has 2 aromatic rings. The van der Waals surface area contributed by atoms with Gasteiger partial charge in [0.2, 0.25) is 0 Å². The third kappa shape index (κ3) is 6.41. The molecule has 0 spiro atoms. The summed E-state index contributed by atoms with van der Waals surface area (Å²) in [6, 6.07) is 6.24. The summed E-state index contributed by atoms with van der Waals surface area (Å²) >= 11 is 1.43. The van der Waals surface area contributed by atoms with E-state index in [4.69, 9.17) is 9.57 Å². The summed E-state index contributed by atoms with van der Waals surface area (Å²) in [5.74, 6) is -0.467. The van der Waals surface area contributed by atoms with Crippen molar-refractivity contribution in [2.24, 2.45) is 5.16 Å². The van der Waals surface area contributed by atoms with Gasteiger partial charge in [-0.2, -0.15) is 0 Å². The highest BCUT2D eigenvalue weighted by Crippen LogP contribution is 2.33. The molecule has 2 aliphatic rings. The number of carbonyl (C=O) groups is 1. The van der Waals surface area contributed by atoms with Crippen LogP contribution in [0.4, 0.5) is 5.13 Å². The van der Waals surface area contributed by atoms with E-state index in [2.05, 4.69) is 20.4 Å². The van der Waals surface area contributed by atoms with Crippen molar-refractivity contribution >= 4 is 37.9 Å². The van der Waals surface area contributed by atoms with Gasteiger partial charge in [0, 0.05) is 23.1 Å². The Kier molecular flexibility index (Phi) is 7.97. The number of nitrogens with zero attached hydrogens (tertiary/aromatic N) is 3. The van der Waals surface area contributed by atoms with Gasteiger partial charge in [-0.15, -0.1) is 11.3 Å². The number of ether oxygens (including phenoxy) is 1. The molecule has 34 heavy (non-hydrogen) atoms. The predicted molar refractivity (Wildman–Crippen MR) is 131 cm³/mol. The number of oxime groups is 1. The monoisotopic (exact) mass is 506 g/mol. The third-order valence-electron chi connectivity index (χ3n) is 5.62. The summed E-state index contributed by atoms with van der Waals surface area (Å²) in [5, 5.41) is 7.13. The van der Waals surface area contributed by atoms with E-state index in [1.165, 1.54) is 23.5 Å². The lowest BCUT2D eigenvalue weighted by molar-refractivity contribution is -0.110. The van der Waals surface area contributed by atoms with Crippen LogP contribution in [0, 0.1) is 0 Å². The number of benzene rings is 1. The normalized spacial score (nSPS) is 18.9. The molecule has 1 saturated carbocycles. The quantitative estimate of drug-likeness (QED) is 0.369. The highest BCUT2D eigenvalue weighted by atomic mass is 32.2. The number of rotatable bonds is 11. The van der Waals surface area contributed by atoms with E-state index in [1.54, 1.807) is 18.3 Å². The van der Waals surface area contributed by atoms with Gasteiger partial charge in [0.1, 0.15) is 0 Å². The first kappa shape index (κ1) is 24.8. The third-order valence-corrected chi connectivity index (χ3v) is 8.87. The summed E-state index contributed by atoms with van der Waals surface area (Å²) in [6.07, 6.45) is 5.52. The number of aryl methyl sites for hydroxylation is 1. The number of sulfone groups is 1. The van der Waals surface area contributed by atoms with E-state index in [-0.39, 0.29) is 22.0 Å². The summed E-state index contributed by atoms with van der Waals surface area (Å²) in [7, 11) is 0.757. The van der Waals surface area contributed by atoms with Gasteiger partial charge in [0.15, 0.2) is 26.8 Å². The molecule has 1 aromatic carbocycles. The van der Waals surface area contributed by atoms with Crippen molar-refractivity contribution in [3.8, 4) is 0 Å². The van der Waals surface area contributed by atoms with Gasteiger partial charge in [-0.3, -0.25) is 10.1 Å². The largest absolute Gasteiger partial charge is 0.389 e. The van der Waals surface area contributed by atoms with Crippen LogP contribution in [0.15, 0.2) is 40.5 Å². The van der Waals surface area contributed by atoms with E-state index < -0.39 is 15.7 Å². The highest BCUT2D eigenvalue weighted by Gasteiger charge is 2.36. The summed E-state index contributed by atoms with van der Waals surface area (Å²) in [4.78, 5) is 26.5. The van der Waals surface area contributed by atoms with Gasteiger partial charge in [0.25, 0.3) is 5.91 Å². The fourth-order valence-electron chi connectivity index (χ4n) is 3.53. The minimum Gasteiger partial charge on any atom is -0.389 e. The standard InChI is InChI=1S/C23H30N4O5S2/c1-27(2)12-3-4-18-14-24-23(33-18)25-22(28)21(26-32-17-11-13-31-15-17)16-5-7-19(8-6-16)34(29,30)20-9-10-20/h5-8,14,17,20H,3-4,9-13,15H2,1-2H3,(H,24,25,28)/b26-21+/t17-/m1/s1. The number of amides is 1. The van der Waals surface area contributed by atoms with Crippen LogP contribution in [0.5, 0.6) is 0 Å². The van der Waals surface area contributed by atoms with Crippen LogP contribution in [0.3, 0.4) is 0 Å². The Labute approximate surface area is 204 Å². The Hall–Kier alpha value is -2.34. The molecule has 4 rings (SSSR count). The van der Waals surface area contributed by atoms with Crippen molar-refractivity contribution in [3.63, 3.8) is 0 Å².